The minimum Gasteiger partial charge on any atom is -0.360 e. The molecule has 0 spiro atoms. The van der Waals surface area contributed by atoms with Crippen LogP contribution >= 0.6 is 0 Å². The second-order valence-electron chi connectivity index (χ2n) is 18.0. The molecule has 312 valence electrons. The summed E-state index contributed by atoms with van der Waals surface area (Å²) in [5, 5.41) is 5.40. The van der Waals surface area contributed by atoms with Crippen molar-refractivity contribution in [2.24, 2.45) is 0 Å². The van der Waals surface area contributed by atoms with Gasteiger partial charge < -0.3 is 19.2 Å². The largest absolute Gasteiger partial charge is 0.421 e. The van der Waals surface area contributed by atoms with E-state index in [4.69, 9.17) is 0 Å². The average molecular weight is 869 g/mol. The molecule has 4 heterocycles. The van der Waals surface area contributed by atoms with Crippen molar-refractivity contribution < 1.29 is 0 Å². The molecule has 14 rings (SSSR count). The lowest BCUT2D eigenvalue weighted by atomic mass is 9.59. The van der Waals surface area contributed by atoms with Crippen LogP contribution in [0.5, 0.6) is 0 Å². The van der Waals surface area contributed by atoms with E-state index in [9.17, 15) is 0 Å². The minimum absolute atomic E-state index is 0.0246. The Bertz CT molecular complexity index is 3300. The molecule has 0 saturated carbocycles. The van der Waals surface area contributed by atoms with E-state index in [1.165, 1.54) is 99.4 Å². The number of para-hydroxylation sites is 6. The van der Waals surface area contributed by atoms with E-state index in [0.29, 0.717) is 0 Å². The van der Waals surface area contributed by atoms with Gasteiger partial charge in [0.05, 0.1) is 22.7 Å². The summed E-state index contributed by atoms with van der Waals surface area (Å²) in [6, 6.07) is 95.3. The van der Waals surface area contributed by atoms with Gasteiger partial charge in [0.25, 0.3) is 0 Å². The maximum atomic E-state index is 2.55. The summed E-state index contributed by atoms with van der Waals surface area (Å²) in [6.45, 7) is -0.0493. The summed E-state index contributed by atoms with van der Waals surface area (Å²) in [4.78, 5) is 10.2. The summed E-state index contributed by atoms with van der Waals surface area (Å²) < 4.78 is 0. The number of fused-ring (bicyclic) bond motifs is 16. The molecule has 10 aromatic carbocycles. The topological polar surface area (TPSA) is 13.0 Å². The molecule has 0 radical (unpaired) electrons. The lowest BCUT2D eigenvalue weighted by Crippen LogP contribution is -2.74. The van der Waals surface area contributed by atoms with Crippen LogP contribution in [-0.2, 0) is 0 Å². The molecule has 4 nitrogen and oxygen atoms in total. The van der Waals surface area contributed by atoms with E-state index in [1.807, 2.05) is 0 Å². The number of hydrogen-bond donors (Lipinski definition) is 0. The van der Waals surface area contributed by atoms with Gasteiger partial charge >= 0.3 is 14.0 Å². The number of benzene rings is 10. The molecule has 0 unspecified atom stereocenters. The first-order chi connectivity index (χ1) is 33.3. The Morgan fingerprint density at radius 1 is 0.224 bits per heavy atom. The SMILES string of the molecule is c1ccc([Si](c2ccccc2)(c2ccc(N3B4c5ccccc5-c5ccccc5N4c4ccccc43)cc2)c2ccc(N3B4c5ccccc5-c5ccccc5N4c4ccccc43)cc2)cc1. The molecule has 7 heteroatoms. The van der Waals surface area contributed by atoms with E-state index in [1.54, 1.807) is 0 Å². The second-order valence-corrected chi connectivity index (χ2v) is 21.8. The Hall–Kier alpha value is -8.25. The van der Waals surface area contributed by atoms with Crippen LogP contribution < -0.4 is 50.9 Å². The molecule has 0 aromatic heterocycles. The smallest absolute Gasteiger partial charge is 0.360 e. The first kappa shape index (κ1) is 38.1. The van der Waals surface area contributed by atoms with Crippen LogP contribution in [0.15, 0.2) is 255 Å². The molecule has 4 aliphatic heterocycles. The van der Waals surface area contributed by atoms with Crippen LogP contribution in [0.25, 0.3) is 22.3 Å². The maximum Gasteiger partial charge on any atom is 0.421 e. The average Bonchev–Trinajstić information content (AvgIpc) is 3.95. The highest BCUT2D eigenvalue weighted by Crippen LogP contribution is 2.52. The van der Waals surface area contributed by atoms with Crippen LogP contribution in [0.3, 0.4) is 0 Å². The fourth-order valence-corrected chi connectivity index (χ4v) is 16.7. The molecule has 0 atom stereocenters. The molecular weight excluding hydrogens is 826 g/mol. The monoisotopic (exact) mass is 868 g/mol. The van der Waals surface area contributed by atoms with Gasteiger partial charge in [0.1, 0.15) is 0 Å². The predicted molar refractivity (Wildman–Crippen MR) is 286 cm³/mol. The summed E-state index contributed by atoms with van der Waals surface area (Å²) in [5.41, 5.74) is 17.4. The number of hydrogen-bond acceptors (Lipinski definition) is 4. The first-order valence-corrected chi connectivity index (χ1v) is 25.3. The molecule has 0 N–H and O–H groups in total. The summed E-state index contributed by atoms with van der Waals surface area (Å²) >= 11 is 0. The van der Waals surface area contributed by atoms with Crippen LogP contribution in [0, 0.1) is 0 Å². The number of anilines is 8. The third-order valence-corrected chi connectivity index (χ3v) is 19.5. The lowest BCUT2D eigenvalue weighted by Gasteiger charge is -2.37. The van der Waals surface area contributed by atoms with Gasteiger partial charge in [-0.1, -0.05) is 194 Å². The van der Waals surface area contributed by atoms with E-state index in [-0.39, 0.29) is 14.0 Å². The Morgan fingerprint density at radius 2 is 0.507 bits per heavy atom. The van der Waals surface area contributed by atoms with Gasteiger partial charge in [-0.15, -0.1) is 0 Å². The summed E-state index contributed by atoms with van der Waals surface area (Å²) in [5.74, 6) is 0. The molecule has 0 bridgehead atoms. The van der Waals surface area contributed by atoms with Gasteiger partial charge in [-0.25, -0.2) is 0 Å². The van der Waals surface area contributed by atoms with Crippen molar-refractivity contribution in [2.75, 3.05) is 19.2 Å². The zero-order valence-corrected chi connectivity index (χ0v) is 37.7. The first-order valence-electron chi connectivity index (χ1n) is 23.3. The molecule has 0 amide bonds. The zero-order valence-electron chi connectivity index (χ0n) is 36.7. The molecular formula is C60H42B2N4Si. The molecule has 0 saturated heterocycles. The molecule has 0 aliphatic carbocycles. The zero-order chi connectivity index (χ0) is 44.1. The van der Waals surface area contributed by atoms with Crippen molar-refractivity contribution in [1.29, 1.82) is 0 Å². The van der Waals surface area contributed by atoms with Gasteiger partial charge in [0.15, 0.2) is 8.07 Å². The highest BCUT2D eigenvalue weighted by atomic mass is 28.3. The van der Waals surface area contributed by atoms with Crippen LogP contribution in [0.4, 0.5) is 45.5 Å². The molecule has 0 fully saturated rings. The third kappa shape index (κ3) is 5.43. The maximum absolute atomic E-state index is 2.91. The van der Waals surface area contributed by atoms with E-state index < -0.39 is 8.07 Å². The van der Waals surface area contributed by atoms with Gasteiger partial charge in [0, 0.05) is 33.9 Å². The van der Waals surface area contributed by atoms with Gasteiger partial charge in [-0.2, -0.15) is 0 Å². The van der Waals surface area contributed by atoms with Crippen LogP contribution in [-0.4, -0.2) is 22.0 Å². The van der Waals surface area contributed by atoms with Crippen molar-refractivity contribution in [3.05, 3.63) is 255 Å². The standard InChI is InChI=1S/C60H42B2N4Si/c1-3-19-45(20-4-1)67(46-21-5-2-6-22-46,47-39-35-43(36-40-47)63-57-31-15-17-33-59(57)65-55-29-13-9-25-51(55)49-23-7-11-27-53(49)61(63)65)48-41-37-44(38-42-48)64-58-32-16-18-34-60(58)66-56-30-14-10-26-52(56)50-24-8-12-28-54(50)62(64)66/h1-42H. The van der Waals surface area contributed by atoms with Crippen molar-refractivity contribution in [1.82, 2.24) is 0 Å². The van der Waals surface area contributed by atoms with E-state index >= 15 is 0 Å². The Kier molecular flexibility index (Phi) is 8.46. The predicted octanol–water partition coefficient (Wildman–Crippen LogP) is 10.4. The molecule has 67 heavy (non-hydrogen) atoms. The summed E-state index contributed by atoms with van der Waals surface area (Å²) in [7, 11) is -2.91. The van der Waals surface area contributed by atoms with Crippen molar-refractivity contribution in [2.45, 2.75) is 0 Å². The highest BCUT2D eigenvalue weighted by Gasteiger charge is 2.50. The lowest BCUT2D eigenvalue weighted by molar-refractivity contribution is 1.38. The number of nitrogens with zero attached hydrogens (tertiary/aromatic N) is 4. The van der Waals surface area contributed by atoms with Crippen LogP contribution in [0.1, 0.15) is 0 Å². The highest BCUT2D eigenvalue weighted by molar-refractivity contribution is 7.20. The van der Waals surface area contributed by atoms with Gasteiger partial charge in [0.2, 0.25) is 0 Å². The van der Waals surface area contributed by atoms with Crippen LogP contribution in [0.2, 0.25) is 0 Å². The Morgan fingerprint density at radius 3 is 0.896 bits per heavy atom. The second kappa shape index (κ2) is 14.9. The number of rotatable bonds is 6. The quantitative estimate of drug-likeness (QED) is 0.122. The van der Waals surface area contributed by atoms with Gasteiger partial charge in [-0.3, -0.25) is 0 Å². The Balaban J connectivity index is 0.922. The normalized spacial score (nSPS) is 13.8. The van der Waals surface area contributed by atoms with Crippen molar-refractivity contribution in [3.8, 4) is 22.3 Å². The van der Waals surface area contributed by atoms with E-state index in [0.717, 1.165) is 0 Å². The van der Waals surface area contributed by atoms with Gasteiger partial charge in [-0.05, 0) is 103 Å². The third-order valence-electron chi connectivity index (χ3n) is 14.7. The molecule has 4 aliphatic rings. The van der Waals surface area contributed by atoms with Crippen molar-refractivity contribution in [3.63, 3.8) is 0 Å². The minimum atomic E-state index is -2.91. The fourth-order valence-electron chi connectivity index (χ4n) is 12.0. The molecule has 10 aromatic rings. The Labute approximate surface area is 393 Å². The van der Waals surface area contributed by atoms with E-state index in [2.05, 4.69) is 274 Å². The van der Waals surface area contributed by atoms with Crippen molar-refractivity contribution >= 4 is 99.2 Å². The fraction of sp³-hybridized carbons (Fsp3) is 0. The summed E-state index contributed by atoms with van der Waals surface area (Å²) in [6.07, 6.45) is 0.